The highest BCUT2D eigenvalue weighted by Gasteiger charge is 2.12. The molecule has 0 aliphatic carbocycles. The molecule has 0 atom stereocenters. The maximum atomic E-state index is 11.7. The molecule has 0 fully saturated rings. The molecule has 21 heavy (non-hydrogen) atoms. The molecule has 110 valence electrons. The Kier molecular flexibility index (Phi) is 5.27. The molecule has 1 aromatic heterocycles. The van der Waals surface area contributed by atoms with Gasteiger partial charge in [0.05, 0.1) is 5.75 Å². The minimum atomic E-state index is -1.04. The molecule has 0 aliphatic rings. The van der Waals surface area contributed by atoms with Gasteiger partial charge in [-0.3, -0.25) is 9.59 Å². The number of thioether (sulfide) groups is 1. The van der Waals surface area contributed by atoms with Gasteiger partial charge in [0, 0.05) is 6.54 Å². The van der Waals surface area contributed by atoms with Crippen molar-refractivity contribution >= 4 is 23.6 Å². The Morgan fingerprint density at radius 1 is 1.29 bits per heavy atom. The molecule has 0 radical (unpaired) electrons. The van der Waals surface area contributed by atoms with E-state index in [1.54, 1.807) is 0 Å². The summed E-state index contributed by atoms with van der Waals surface area (Å²) in [5, 5.41) is 22.4. The number of carboxylic acids is 1. The molecule has 0 saturated heterocycles. The van der Waals surface area contributed by atoms with E-state index in [-0.39, 0.29) is 18.2 Å². The third-order valence-electron chi connectivity index (χ3n) is 2.45. The summed E-state index contributed by atoms with van der Waals surface area (Å²) in [6, 6.07) is 9.54. The van der Waals surface area contributed by atoms with E-state index in [4.69, 9.17) is 5.11 Å². The summed E-state index contributed by atoms with van der Waals surface area (Å²) in [6.07, 6.45) is 0. The molecule has 2 aromatic rings. The van der Waals surface area contributed by atoms with Crippen molar-refractivity contribution in [1.29, 1.82) is 0 Å². The highest BCUT2D eigenvalue weighted by atomic mass is 32.2. The molecule has 1 amide bonds. The predicted molar refractivity (Wildman–Crippen MR) is 74.5 cm³/mol. The number of nitrogens with one attached hydrogen (secondary N) is 1. The second-order valence-corrected chi connectivity index (χ2v) is 5.01. The number of hydrogen-bond acceptors (Lipinski definition) is 6. The summed E-state index contributed by atoms with van der Waals surface area (Å²) in [6.45, 7) is 0.112. The zero-order chi connectivity index (χ0) is 15.1. The van der Waals surface area contributed by atoms with Crippen LogP contribution in [0.5, 0.6) is 0 Å². The van der Waals surface area contributed by atoms with Gasteiger partial charge in [0.2, 0.25) is 11.1 Å². The van der Waals surface area contributed by atoms with Crippen molar-refractivity contribution in [2.24, 2.45) is 0 Å². The number of hydrogen-bond donors (Lipinski definition) is 2. The highest BCUT2D eigenvalue weighted by Crippen LogP contribution is 2.12. The van der Waals surface area contributed by atoms with Gasteiger partial charge in [-0.2, -0.15) is 0 Å². The summed E-state index contributed by atoms with van der Waals surface area (Å²) in [7, 11) is 0. The molecule has 2 N–H and O–H groups in total. The molecule has 9 heteroatoms. The smallest absolute Gasteiger partial charge is 0.325 e. The van der Waals surface area contributed by atoms with Crippen LogP contribution in [-0.2, 0) is 22.7 Å². The first-order chi connectivity index (χ1) is 10.1. The summed E-state index contributed by atoms with van der Waals surface area (Å²) >= 11 is 1.09. The van der Waals surface area contributed by atoms with Gasteiger partial charge >= 0.3 is 5.97 Å². The van der Waals surface area contributed by atoms with Gasteiger partial charge in [0.25, 0.3) is 0 Å². The second-order valence-electron chi connectivity index (χ2n) is 4.06. The molecule has 1 heterocycles. The van der Waals surface area contributed by atoms with E-state index in [2.05, 4.69) is 20.8 Å². The molecule has 0 saturated carbocycles. The molecule has 0 aliphatic heterocycles. The maximum absolute atomic E-state index is 11.7. The normalized spacial score (nSPS) is 10.3. The largest absolute Gasteiger partial charge is 0.480 e. The average molecular weight is 307 g/mol. The topological polar surface area (TPSA) is 110 Å². The fourth-order valence-corrected chi connectivity index (χ4v) is 2.21. The lowest BCUT2D eigenvalue weighted by Crippen LogP contribution is -2.24. The Hall–Kier alpha value is -2.42. The maximum Gasteiger partial charge on any atom is 0.325 e. The Balaban J connectivity index is 1.79. The van der Waals surface area contributed by atoms with E-state index in [1.807, 2.05) is 30.3 Å². The molecule has 0 spiro atoms. The number of carbonyl (C=O) groups is 2. The molecule has 8 nitrogen and oxygen atoms in total. The summed E-state index contributed by atoms with van der Waals surface area (Å²) in [5.41, 5.74) is 1.01. The summed E-state index contributed by atoms with van der Waals surface area (Å²) in [4.78, 5) is 22.3. The molecular weight excluding hydrogens is 294 g/mol. The Morgan fingerprint density at radius 2 is 2.05 bits per heavy atom. The van der Waals surface area contributed by atoms with E-state index in [9.17, 15) is 9.59 Å². The zero-order valence-corrected chi connectivity index (χ0v) is 11.8. The minimum absolute atomic E-state index is 0.118. The van der Waals surface area contributed by atoms with Crippen molar-refractivity contribution in [3.05, 3.63) is 35.9 Å². The SMILES string of the molecule is O=C(O)Cn1nnnc1SCC(=O)NCc1ccccc1. The number of rotatable bonds is 7. The number of amides is 1. The van der Waals surface area contributed by atoms with Gasteiger partial charge < -0.3 is 10.4 Å². The lowest BCUT2D eigenvalue weighted by Gasteiger charge is -2.05. The number of tetrazole rings is 1. The lowest BCUT2D eigenvalue weighted by atomic mass is 10.2. The van der Waals surface area contributed by atoms with Crippen LogP contribution < -0.4 is 5.32 Å². The van der Waals surface area contributed by atoms with Crippen molar-refractivity contribution in [3.8, 4) is 0 Å². The summed E-state index contributed by atoms with van der Waals surface area (Å²) < 4.78 is 1.14. The lowest BCUT2D eigenvalue weighted by molar-refractivity contribution is -0.138. The number of aliphatic carboxylic acids is 1. The van der Waals surface area contributed by atoms with E-state index >= 15 is 0 Å². The van der Waals surface area contributed by atoms with Gasteiger partial charge in [0.15, 0.2) is 0 Å². The average Bonchev–Trinajstić information content (AvgIpc) is 2.90. The van der Waals surface area contributed by atoms with Crippen molar-refractivity contribution < 1.29 is 14.7 Å². The van der Waals surface area contributed by atoms with Gasteiger partial charge in [-0.05, 0) is 16.0 Å². The Morgan fingerprint density at radius 3 is 2.76 bits per heavy atom. The third kappa shape index (κ3) is 4.88. The predicted octanol–water partition coefficient (Wildman–Crippen LogP) is 0.166. The number of aromatic nitrogens is 4. The van der Waals surface area contributed by atoms with Crippen LogP contribution in [0.3, 0.4) is 0 Å². The van der Waals surface area contributed by atoms with Gasteiger partial charge in [-0.25, -0.2) is 4.68 Å². The van der Waals surface area contributed by atoms with Crippen molar-refractivity contribution in [1.82, 2.24) is 25.5 Å². The first-order valence-electron chi connectivity index (χ1n) is 6.06. The fraction of sp³-hybridized carbons (Fsp3) is 0.250. The minimum Gasteiger partial charge on any atom is -0.480 e. The monoisotopic (exact) mass is 307 g/mol. The van der Waals surface area contributed by atoms with E-state index in [1.165, 1.54) is 0 Å². The third-order valence-corrected chi connectivity index (χ3v) is 3.41. The van der Waals surface area contributed by atoms with Gasteiger partial charge in [-0.15, -0.1) is 5.10 Å². The van der Waals surface area contributed by atoms with Crippen molar-refractivity contribution in [3.63, 3.8) is 0 Å². The zero-order valence-electron chi connectivity index (χ0n) is 11.0. The Bertz CT molecular complexity index is 616. The quantitative estimate of drug-likeness (QED) is 0.701. The van der Waals surface area contributed by atoms with E-state index in [0.29, 0.717) is 11.7 Å². The van der Waals surface area contributed by atoms with Crippen LogP contribution in [0.4, 0.5) is 0 Å². The molecular formula is C12H13N5O3S. The second kappa shape index (κ2) is 7.39. The van der Waals surface area contributed by atoms with Crippen LogP contribution in [0.15, 0.2) is 35.5 Å². The standard InChI is InChI=1S/C12H13N5O3S/c18-10(13-6-9-4-2-1-3-5-9)8-21-12-14-15-16-17(12)7-11(19)20/h1-5H,6-8H2,(H,13,18)(H,19,20). The highest BCUT2D eigenvalue weighted by molar-refractivity contribution is 7.99. The first kappa shape index (κ1) is 15.0. The van der Waals surface area contributed by atoms with Crippen LogP contribution >= 0.6 is 11.8 Å². The van der Waals surface area contributed by atoms with Crippen LogP contribution in [-0.4, -0.2) is 42.9 Å². The van der Waals surface area contributed by atoms with Gasteiger partial charge in [-0.1, -0.05) is 42.1 Å². The molecule has 0 unspecified atom stereocenters. The first-order valence-corrected chi connectivity index (χ1v) is 7.05. The van der Waals surface area contributed by atoms with Crippen molar-refractivity contribution in [2.75, 3.05) is 5.75 Å². The molecule has 2 rings (SSSR count). The fourth-order valence-electron chi connectivity index (χ4n) is 1.50. The van der Waals surface area contributed by atoms with Crippen molar-refractivity contribution in [2.45, 2.75) is 18.2 Å². The number of benzene rings is 1. The number of carbonyl (C=O) groups excluding carboxylic acids is 1. The number of nitrogens with zero attached hydrogens (tertiary/aromatic N) is 4. The van der Waals surface area contributed by atoms with Crippen LogP contribution in [0.25, 0.3) is 0 Å². The van der Waals surface area contributed by atoms with Crippen LogP contribution in [0, 0.1) is 0 Å². The molecule has 1 aromatic carbocycles. The van der Waals surface area contributed by atoms with E-state index < -0.39 is 5.97 Å². The summed E-state index contributed by atoms with van der Waals surface area (Å²) in [5.74, 6) is -1.10. The number of carboxylic acid groups (broad SMARTS) is 1. The van der Waals surface area contributed by atoms with Crippen LogP contribution in [0.2, 0.25) is 0 Å². The molecule has 0 bridgehead atoms. The van der Waals surface area contributed by atoms with E-state index in [0.717, 1.165) is 22.0 Å². The van der Waals surface area contributed by atoms with Gasteiger partial charge in [0.1, 0.15) is 6.54 Å². The van der Waals surface area contributed by atoms with Crippen LogP contribution in [0.1, 0.15) is 5.56 Å². The Labute approximate surface area is 124 Å².